The van der Waals surface area contributed by atoms with Gasteiger partial charge in [-0.25, -0.2) is 9.37 Å². The first kappa shape index (κ1) is 30.6. The lowest BCUT2D eigenvalue weighted by molar-refractivity contribution is -0.148. The van der Waals surface area contributed by atoms with Crippen LogP contribution in [0.4, 0.5) is 4.39 Å². The van der Waals surface area contributed by atoms with Gasteiger partial charge in [-0.05, 0) is 55.9 Å². The third kappa shape index (κ3) is 7.60. The highest BCUT2D eigenvalue weighted by molar-refractivity contribution is 6.04. The molecule has 0 aliphatic heterocycles. The second-order valence-corrected chi connectivity index (χ2v) is 9.44. The predicted octanol–water partition coefficient (Wildman–Crippen LogP) is 0.519. The van der Waals surface area contributed by atoms with E-state index in [0.29, 0.717) is 40.8 Å². The van der Waals surface area contributed by atoms with Crippen molar-refractivity contribution in [3.8, 4) is 0 Å². The molecule has 1 amide bonds. The maximum Gasteiger partial charge on any atom is 0.320 e. The summed E-state index contributed by atoms with van der Waals surface area (Å²) in [5.74, 6) is -9.34. The summed E-state index contributed by atoms with van der Waals surface area (Å²) >= 11 is 0. The molecule has 0 radical (unpaired) electrons. The van der Waals surface area contributed by atoms with Crippen LogP contribution in [0.2, 0.25) is 0 Å². The number of aromatic amines is 2. The molecule has 14 nitrogen and oxygen atoms in total. The second kappa shape index (κ2) is 13.0. The third-order valence-electron chi connectivity index (χ3n) is 6.45. The monoisotopic (exact) mass is 573 g/mol. The zero-order valence-corrected chi connectivity index (χ0v) is 21.8. The van der Waals surface area contributed by atoms with Crippen LogP contribution in [0.5, 0.6) is 0 Å². The van der Waals surface area contributed by atoms with Crippen LogP contribution in [0.25, 0.3) is 11.0 Å². The summed E-state index contributed by atoms with van der Waals surface area (Å²) in [4.78, 5) is 81.6. The van der Waals surface area contributed by atoms with Gasteiger partial charge in [0.1, 0.15) is 29.2 Å². The number of carbonyl (C=O) groups is 5. The Morgan fingerprint density at radius 2 is 1.80 bits per heavy atom. The van der Waals surface area contributed by atoms with Crippen LogP contribution in [-0.4, -0.2) is 72.0 Å². The second-order valence-electron chi connectivity index (χ2n) is 9.44. The van der Waals surface area contributed by atoms with Crippen LogP contribution in [0.3, 0.4) is 0 Å². The number of carboxylic acids is 3. The van der Waals surface area contributed by atoms with E-state index < -0.39 is 78.2 Å². The molecule has 0 spiro atoms. The van der Waals surface area contributed by atoms with Crippen LogP contribution in [-0.2, 0) is 32.0 Å². The molecule has 0 saturated heterocycles. The van der Waals surface area contributed by atoms with E-state index in [9.17, 15) is 38.3 Å². The van der Waals surface area contributed by atoms with Gasteiger partial charge in [-0.1, -0.05) is 6.07 Å². The van der Waals surface area contributed by atoms with Crippen molar-refractivity contribution in [1.82, 2.24) is 20.3 Å². The predicted molar refractivity (Wildman–Crippen MR) is 140 cm³/mol. The molecule has 1 unspecified atom stereocenters. The molecule has 2 heterocycles. The van der Waals surface area contributed by atoms with Crippen LogP contribution >= 0.6 is 0 Å². The molecule has 1 aromatic carbocycles. The summed E-state index contributed by atoms with van der Waals surface area (Å²) in [6.45, 7) is 1.64. The number of ketones is 1. The molecule has 0 aliphatic rings. The molecule has 3 atom stereocenters. The summed E-state index contributed by atoms with van der Waals surface area (Å²) in [7, 11) is 0. The number of nitrogens with one attached hydrogen (secondary N) is 3. The Morgan fingerprint density at radius 3 is 2.41 bits per heavy atom. The van der Waals surface area contributed by atoms with Crippen molar-refractivity contribution in [2.75, 3.05) is 0 Å². The molecule has 0 saturated carbocycles. The van der Waals surface area contributed by atoms with Gasteiger partial charge in [-0.3, -0.25) is 28.8 Å². The number of aliphatic carboxylic acids is 3. The lowest BCUT2D eigenvalue weighted by atomic mass is 9.89. The van der Waals surface area contributed by atoms with Crippen LogP contribution in [0.1, 0.15) is 46.6 Å². The number of halogens is 1. The van der Waals surface area contributed by atoms with Crippen molar-refractivity contribution >= 4 is 40.6 Å². The van der Waals surface area contributed by atoms with E-state index in [1.54, 1.807) is 13.1 Å². The number of aromatic nitrogens is 3. The average molecular weight is 574 g/mol. The topological polar surface area (TPSA) is 246 Å². The van der Waals surface area contributed by atoms with Gasteiger partial charge in [0.15, 0.2) is 5.78 Å². The highest BCUT2D eigenvalue weighted by Crippen LogP contribution is 2.19. The van der Waals surface area contributed by atoms with Gasteiger partial charge < -0.3 is 36.3 Å². The molecule has 15 heteroatoms. The number of H-pyrrole nitrogens is 2. The van der Waals surface area contributed by atoms with Gasteiger partial charge in [0.2, 0.25) is 0 Å². The van der Waals surface area contributed by atoms with Crippen molar-refractivity contribution in [1.29, 1.82) is 0 Å². The maximum absolute atomic E-state index is 15.0. The van der Waals surface area contributed by atoms with Crippen molar-refractivity contribution in [2.24, 2.45) is 11.7 Å². The summed E-state index contributed by atoms with van der Waals surface area (Å²) in [5, 5.41) is 30.0. The number of aryl methyl sites for hydroxylation is 3. The summed E-state index contributed by atoms with van der Waals surface area (Å²) < 4.78 is 15.0. The molecule has 2 aromatic heterocycles. The molecule has 3 rings (SSSR count). The first-order valence-corrected chi connectivity index (χ1v) is 12.4. The fourth-order valence-corrected chi connectivity index (χ4v) is 4.32. The minimum Gasteiger partial charge on any atom is -0.481 e. The number of nitrogens with zero attached hydrogens (tertiary/aromatic N) is 1. The van der Waals surface area contributed by atoms with E-state index in [1.165, 1.54) is 6.07 Å². The van der Waals surface area contributed by atoms with Crippen molar-refractivity contribution in [3.63, 3.8) is 0 Å². The molecule has 8 N–H and O–H groups in total. The Balaban J connectivity index is 1.76. The van der Waals surface area contributed by atoms with Crippen LogP contribution < -0.4 is 16.6 Å². The van der Waals surface area contributed by atoms with E-state index in [1.807, 2.05) is 0 Å². The van der Waals surface area contributed by atoms with E-state index >= 15 is 0 Å². The number of rotatable bonds is 14. The number of amides is 1. The fourth-order valence-electron chi connectivity index (χ4n) is 4.32. The van der Waals surface area contributed by atoms with Gasteiger partial charge in [-0.2, -0.15) is 0 Å². The fraction of sp³-hybridized carbons (Fsp3) is 0.346. The minimum atomic E-state index is -1.96. The zero-order valence-electron chi connectivity index (χ0n) is 21.8. The molecule has 0 bridgehead atoms. The number of hydrogen-bond acceptors (Lipinski definition) is 8. The average Bonchev–Trinajstić information content (AvgIpc) is 3.30. The Kier molecular flexibility index (Phi) is 9.67. The Morgan fingerprint density at radius 1 is 1.10 bits per heavy atom. The number of fused-ring (bicyclic) bond motifs is 1. The molecular weight excluding hydrogens is 545 g/mol. The Labute approximate surface area is 230 Å². The SMILES string of the molecule is Cc1nc2[nH]cc(CCc3ccc(C(=O)N[C@@H](CCC(=O)O)C(=O)C(C[C@H](N)C(=O)O)C(=O)O)c(F)c3)c2c(=O)[nH]1. The van der Waals surface area contributed by atoms with E-state index in [2.05, 4.69) is 20.3 Å². The zero-order chi connectivity index (χ0) is 30.4. The first-order chi connectivity index (χ1) is 19.3. The molecule has 0 fully saturated rings. The number of carbonyl (C=O) groups excluding carboxylic acids is 2. The standard InChI is InChI=1S/C26H28FN5O9/c1-11-30-22-20(24(37)31-11)13(10-29-22)4-2-12-3-5-14(16(27)8-12)23(36)32-18(6-7-19(33)34)21(35)15(25(38)39)9-17(28)26(40)41/h3,5,8,10,15,17-18H,2,4,6-7,9,28H2,1H3,(H,32,36)(H,33,34)(H,38,39)(H,40,41)(H2,29,30,31,37)/t15?,17-,18-/m0/s1. The van der Waals surface area contributed by atoms with Gasteiger partial charge >= 0.3 is 17.9 Å². The first-order valence-electron chi connectivity index (χ1n) is 12.4. The van der Waals surface area contributed by atoms with Crippen molar-refractivity contribution in [3.05, 3.63) is 63.1 Å². The smallest absolute Gasteiger partial charge is 0.320 e. The Bertz CT molecular complexity index is 1560. The molecule has 41 heavy (non-hydrogen) atoms. The lowest BCUT2D eigenvalue weighted by Crippen LogP contribution is -2.47. The summed E-state index contributed by atoms with van der Waals surface area (Å²) in [6, 6.07) is 0.331. The quantitative estimate of drug-likeness (QED) is 0.131. The number of benzene rings is 1. The van der Waals surface area contributed by atoms with Crippen LogP contribution in [0.15, 0.2) is 29.2 Å². The number of hydrogen-bond donors (Lipinski definition) is 7. The van der Waals surface area contributed by atoms with E-state index in [4.69, 9.17) is 15.9 Å². The number of Topliss-reactive ketones (excluding diaryl/α,β-unsaturated/α-hetero) is 1. The molecular formula is C26H28FN5O9. The Hall–Kier alpha value is -4.92. The van der Waals surface area contributed by atoms with Gasteiger partial charge in [0, 0.05) is 12.6 Å². The number of nitrogens with two attached hydrogens (primary N) is 1. The summed E-state index contributed by atoms with van der Waals surface area (Å²) in [5.41, 5.74) is 6.13. The summed E-state index contributed by atoms with van der Waals surface area (Å²) in [6.07, 6.45) is 0.310. The van der Waals surface area contributed by atoms with Gasteiger partial charge in [0.05, 0.1) is 17.0 Å². The maximum atomic E-state index is 15.0. The largest absolute Gasteiger partial charge is 0.481 e. The number of carboxylic acid groups (broad SMARTS) is 3. The van der Waals surface area contributed by atoms with Crippen LogP contribution in [0, 0.1) is 18.7 Å². The molecule has 0 aliphatic carbocycles. The third-order valence-corrected chi connectivity index (χ3v) is 6.45. The lowest BCUT2D eigenvalue weighted by Gasteiger charge is -2.22. The molecule has 3 aromatic rings. The van der Waals surface area contributed by atoms with Crippen molar-refractivity contribution in [2.45, 2.75) is 51.1 Å². The normalized spacial score (nSPS) is 13.3. The molecule has 218 valence electrons. The van der Waals surface area contributed by atoms with E-state index in [0.717, 1.165) is 12.1 Å². The van der Waals surface area contributed by atoms with Gasteiger partial charge in [0.25, 0.3) is 11.5 Å². The highest BCUT2D eigenvalue weighted by atomic mass is 19.1. The van der Waals surface area contributed by atoms with Crippen molar-refractivity contribution < 1.29 is 43.7 Å². The van der Waals surface area contributed by atoms with Gasteiger partial charge in [-0.15, -0.1) is 0 Å². The van der Waals surface area contributed by atoms with E-state index in [-0.39, 0.29) is 5.56 Å². The highest BCUT2D eigenvalue weighted by Gasteiger charge is 2.36. The minimum absolute atomic E-state index is 0.295.